The summed E-state index contributed by atoms with van der Waals surface area (Å²) in [5, 5.41) is 20.4. The summed E-state index contributed by atoms with van der Waals surface area (Å²) in [6.45, 7) is -0.821. The molecule has 2 aliphatic rings. The normalized spacial score (nSPS) is 34.6. The van der Waals surface area contributed by atoms with Crippen molar-refractivity contribution in [3.63, 3.8) is 0 Å². The minimum Gasteiger partial charge on any atom is -0.399 e. The summed E-state index contributed by atoms with van der Waals surface area (Å²) in [5.74, 6) is -1.34. The Morgan fingerprint density at radius 1 is 1.46 bits per heavy atom. The van der Waals surface area contributed by atoms with Crippen LogP contribution in [-0.4, -0.2) is 52.6 Å². The van der Waals surface area contributed by atoms with Gasteiger partial charge in [-0.05, 0) is 0 Å². The number of ether oxygens (including phenoxy) is 1. The van der Waals surface area contributed by atoms with Gasteiger partial charge in [-0.3, -0.25) is 14.3 Å². The molecule has 3 rings (SSSR count). The summed E-state index contributed by atoms with van der Waals surface area (Å²) in [5.41, 5.74) is 0.596. The van der Waals surface area contributed by atoms with Gasteiger partial charge in [-0.2, -0.15) is 12.8 Å². The molecule has 5 N–H and O–H groups in total. The van der Waals surface area contributed by atoms with Gasteiger partial charge in [0.2, 0.25) is 5.82 Å². The fourth-order valence-electron chi connectivity index (χ4n) is 2.76. The zero-order chi connectivity index (χ0) is 17.9. The molecule has 0 aromatic carbocycles. The van der Waals surface area contributed by atoms with Crippen molar-refractivity contribution in [2.24, 2.45) is 5.73 Å². The molecule has 1 spiro atoms. The van der Waals surface area contributed by atoms with Gasteiger partial charge < -0.3 is 20.7 Å². The minimum atomic E-state index is -4.25. The molecular formula is C11H12FN3O8S. The third kappa shape index (κ3) is 2.21. The van der Waals surface area contributed by atoms with Crippen molar-refractivity contribution in [3.8, 4) is 0 Å². The highest BCUT2D eigenvalue weighted by Crippen LogP contribution is 2.46. The fraction of sp³-hybridized carbons (Fsp3) is 0.455. The molecule has 0 aliphatic carbocycles. The van der Waals surface area contributed by atoms with Gasteiger partial charge in [0.25, 0.3) is 15.7 Å². The molecule has 1 fully saturated rings. The highest BCUT2D eigenvalue weighted by atomic mass is 32.2. The molecule has 0 saturated carbocycles. The number of halogens is 1. The van der Waals surface area contributed by atoms with Gasteiger partial charge >= 0.3 is 5.69 Å². The summed E-state index contributed by atoms with van der Waals surface area (Å²) in [6, 6.07) is 0. The Morgan fingerprint density at radius 3 is 2.67 bits per heavy atom. The van der Waals surface area contributed by atoms with Crippen molar-refractivity contribution in [2.45, 2.75) is 24.0 Å². The molecule has 0 unspecified atom stereocenters. The molecular weight excluding hydrogens is 353 g/mol. The van der Waals surface area contributed by atoms with Crippen LogP contribution in [0.3, 0.4) is 0 Å². The van der Waals surface area contributed by atoms with Crippen LogP contribution in [0.25, 0.3) is 0 Å². The zero-order valence-corrected chi connectivity index (χ0v) is 12.6. The number of H-pyrrole nitrogens is 1. The van der Waals surface area contributed by atoms with Crippen LogP contribution in [0.2, 0.25) is 0 Å². The molecule has 1 saturated heterocycles. The molecule has 24 heavy (non-hydrogen) atoms. The number of aromatic amines is 1. The molecule has 13 heteroatoms. The second-order valence-corrected chi connectivity index (χ2v) is 6.62. The smallest absolute Gasteiger partial charge is 0.330 e. The molecule has 4 atom stereocenters. The molecule has 2 aliphatic heterocycles. The molecule has 0 radical (unpaired) electrons. The third-order valence-corrected chi connectivity index (χ3v) is 4.88. The summed E-state index contributed by atoms with van der Waals surface area (Å²) < 4.78 is 47.2. The summed E-state index contributed by atoms with van der Waals surface area (Å²) >= 11 is 0. The lowest BCUT2D eigenvalue weighted by Crippen LogP contribution is -2.53. The minimum absolute atomic E-state index is 0.450. The lowest BCUT2D eigenvalue weighted by atomic mass is 9.89. The monoisotopic (exact) mass is 365 g/mol. The Bertz CT molecular complexity index is 937. The fourth-order valence-corrected chi connectivity index (χ4v) is 3.99. The lowest BCUT2D eigenvalue weighted by molar-refractivity contribution is -0.0593. The Hall–Kier alpha value is -2.06. The van der Waals surface area contributed by atoms with Crippen molar-refractivity contribution in [3.05, 3.63) is 44.0 Å². The topological polar surface area (TPSA) is 174 Å². The van der Waals surface area contributed by atoms with E-state index in [0.717, 1.165) is 0 Å². The summed E-state index contributed by atoms with van der Waals surface area (Å²) in [7, 11) is -4.25. The average Bonchev–Trinajstić information content (AvgIpc) is 2.89. The van der Waals surface area contributed by atoms with E-state index in [0.29, 0.717) is 16.2 Å². The number of nitrogens with one attached hydrogen (secondary N) is 1. The van der Waals surface area contributed by atoms with Gasteiger partial charge in [0.1, 0.15) is 12.2 Å². The summed E-state index contributed by atoms with van der Waals surface area (Å²) in [6.07, 6.45) is -4.55. The van der Waals surface area contributed by atoms with E-state index >= 15 is 0 Å². The van der Waals surface area contributed by atoms with Gasteiger partial charge in [-0.1, -0.05) is 0 Å². The van der Waals surface area contributed by atoms with Crippen LogP contribution in [0.15, 0.2) is 26.9 Å². The molecule has 132 valence electrons. The maximum Gasteiger partial charge on any atom is 0.330 e. The Morgan fingerprint density at radius 2 is 2.12 bits per heavy atom. The first-order valence-corrected chi connectivity index (χ1v) is 7.98. The summed E-state index contributed by atoms with van der Waals surface area (Å²) in [4.78, 5) is 24.6. The van der Waals surface area contributed by atoms with Crippen LogP contribution in [0.4, 0.5) is 4.39 Å². The predicted octanol–water partition coefficient (Wildman–Crippen LogP) is -3.17. The van der Waals surface area contributed by atoms with Crippen LogP contribution >= 0.6 is 0 Å². The number of aliphatic hydroxyl groups excluding tert-OH is 2. The number of aromatic nitrogens is 2. The van der Waals surface area contributed by atoms with Crippen LogP contribution in [0, 0.1) is 5.82 Å². The maximum absolute atomic E-state index is 13.4. The van der Waals surface area contributed by atoms with Crippen molar-refractivity contribution in [1.29, 1.82) is 0 Å². The molecule has 3 heterocycles. The average molecular weight is 365 g/mol. The number of aliphatic hydroxyl groups is 2. The van der Waals surface area contributed by atoms with Crippen molar-refractivity contribution in [2.75, 3.05) is 6.61 Å². The van der Waals surface area contributed by atoms with E-state index in [1.54, 1.807) is 4.98 Å². The molecule has 1 aromatic rings. The quantitative estimate of drug-likeness (QED) is 0.394. The number of hydrogen-bond acceptors (Lipinski definition) is 9. The van der Waals surface area contributed by atoms with Crippen LogP contribution < -0.4 is 17.0 Å². The van der Waals surface area contributed by atoms with Crippen molar-refractivity contribution >= 4 is 10.1 Å². The van der Waals surface area contributed by atoms with E-state index < -0.39 is 63.5 Å². The van der Waals surface area contributed by atoms with Crippen LogP contribution in [-0.2, 0) is 19.0 Å². The second kappa shape index (κ2) is 5.22. The Balaban J connectivity index is 2.13. The van der Waals surface area contributed by atoms with E-state index in [1.807, 2.05) is 0 Å². The van der Waals surface area contributed by atoms with E-state index in [1.165, 1.54) is 0 Å². The number of nitrogens with zero attached hydrogens (tertiary/aromatic N) is 1. The van der Waals surface area contributed by atoms with Gasteiger partial charge in [0, 0.05) is 0 Å². The van der Waals surface area contributed by atoms with Gasteiger partial charge in [0.15, 0.2) is 11.8 Å². The Kier molecular flexibility index (Phi) is 3.65. The van der Waals surface area contributed by atoms with Crippen LogP contribution in [0.5, 0.6) is 0 Å². The van der Waals surface area contributed by atoms with E-state index in [9.17, 15) is 32.6 Å². The maximum atomic E-state index is 13.4. The SMILES string of the molecule is NC1=CS(=O)(=O)O[C@@]12[C@@H](CO)O[C@@H](n1cc(F)c(=O)[nH]c1=O)[C@@H]2O. The molecule has 0 bridgehead atoms. The van der Waals surface area contributed by atoms with Crippen molar-refractivity contribution < 1.29 is 31.9 Å². The second-order valence-electron chi connectivity index (χ2n) is 5.23. The van der Waals surface area contributed by atoms with E-state index in [-0.39, 0.29) is 0 Å². The van der Waals surface area contributed by atoms with E-state index in [2.05, 4.69) is 0 Å². The highest BCUT2D eigenvalue weighted by molar-refractivity contribution is 7.90. The number of hydrogen-bond donors (Lipinski definition) is 4. The highest BCUT2D eigenvalue weighted by Gasteiger charge is 2.64. The van der Waals surface area contributed by atoms with Gasteiger partial charge in [-0.25, -0.2) is 8.98 Å². The molecule has 11 nitrogen and oxygen atoms in total. The first-order valence-electron chi connectivity index (χ1n) is 6.51. The number of rotatable bonds is 2. The first kappa shape index (κ1) is 16.8. The molecule has 0 amide bonds. The predicted molar refractivity (Wildman–Crippen MR) is 73.3 cm³/mol. The largest absolute Gasteiger partial charge is 0.399 e. The molecule has 1 aromatic heterocycles. The Labute approximate surface area is 132 Å². The zero-order valence-electron chi connectivity index (χ0n) is 11.7. The van der Waals surface area contributed by atoms with Gasteiger partial charge in [0.05, 0.1) is 23.9 Å². The van der Waals surface area contributed by atoms with Gasteiger partial charge in [-0.15, -0.1) is 0 Å². The first-order chi connectivity index (χ1) is 11.1. The standard InChI is InChI=1S/C11H12FN3O8S/c12-4-1-15(10(19)14-8(4)18)9-7(17)11(6(2-16)22-9)5(13)3-24(20,21)23-11/h1,3,6-7,9,16-17H,2,13H2,(H,14,18,19)/t6-,7+,9-,11-/m1/s1. The van der Waals surface area contributed by atoms with Crippen LogP contribution in [0.1, 0.15) is 6.23 Å². The number of nitrogens with two attached hydrogens (primary N) is 1. The van der Waals surface area contributed by atoms with Crippen molar-refractivity contribution in [1.82, 2.24) is 9.55 Å². The third-order valence-electron chi connectivity index (χ3n) is 3.83. The lowest BCUT2D eigenvalue weighted by Gasteiger charge is -2.30. The van der Waals surface area contributed by atoms with E-state index in [4.69, 9.17) is 14.7 Å².